The Kier molecular flexibility index (Phi) is 2.35. The van der Waals surface area contributed by atoms with Crippen LogP contribution in [0.3, 0.4) is 0 Å². The van der Waals surface area contributed by atoms with Gasteiger partial charge in [0.2, 0.25) is 0 Å². The van der Waals surface area contributed by atoms with Crippen molar-refractivity contribution in [2.24, 2.45) is 0 Å². The smallest absolute Gasteiger partial charge is 0.158 e. The first-order valence-corrected chi connectivity index (χ1v) is 3.98. The molecule has 11 heavy (non-hydrogen) atoms. The molecule has 0 amide bonds. The molecule has 1 heterocycles. The molecule has 1 rings (SSSR count). The van der Waals surface area contributed by atoms with Crippen LogP contribution in [0, 0.1) is 0 Å². The van der Waals surface area contributed by atoms with Gasteiger partial charge in [0, 0.05) is 0 Å². The second kappa shape index (κ2) is 3.09. The molecule has 0 atom stereocenters. The number of hydrogen-bond acceptors (Lipinski definition) is 1. The van der Waals surface area contributed by atoms with E-state index in [2.05, 4.69) is 21.0 Å². The topological polar surface area (TPSA) is 13.1 Å². The zero-order valence-corrected chi connectivity index (χ0v) is 7.50. The van der Waals surface area contributed by atoms with Gasteiger partial charge in [0.1, 0.15) is 6.54 Å². The normalized spacial score (nSPS) is 11.9. The van der Waals surface area contributed by atoms with Gasteiger partial charge < -0.3 is 8.90 Å². The second-order valence-electron chi connectivity index (χ2n) is 3.49. The Bertz CT molecular complexity index is 201. The summed E-state index contributed by atoms with van der Waals surface area (Å²) in [6.45, 7) is 4.28. The first-order valence-electron chi connectivity index (χ1n) is 3.98. The number of hydrogen-bond donors (Lipinski definition) is 0. The SMILES string of the molecule is CC[N+](C)(C)Cc1ccco1. The van der Waals surface area contributed by atoms with Crippen molar-refractivity contribution in [2.45, 2.75) is 13.5 Å². The maximum atomic E-state index is 5.26. The van der Waals surface area contributed by atoms with E-state index in [1.165, 1.54) is 0 Å². The fourth-order valence-corrected chi connectivity index (χ4v) is 0.936. The Hall–Kier alpha value is -0.760. The van der Waals surface area contributed by atoms with Crippen LogP contribution < -0.4 is 0 Å². The number of furan rings is 1. The molecule has 1 aromatic rings. The molecule has 0 bridgehead atoms. The summed E-state index contributed by atoms with van der Waals surface area (Å²) in [5, 5.41) is 0. The van der Waals surface area contributed by atoms with Crippen LogP contribution in [0.25, 0.3) is 0 Å². The predicted molar refractivity (Wildman–Crippen MR) is 45.1 cm³/mol. The third-order valence-corrected chi connectivity index (χ3v) is 2.02. The van der Waals surface area contributed by atoms with Crippen LogP contribution in [-0.4, -0.2) is 25.1 Å². The van der Waals surface area contributed by atoms with Crippen LogP contribution in [0.2, 0.25) is 0 Å². The van der Waals surface area contributed by atoms with Crippen LogP contribution in [0.15, 0.2) is 22.8 Å². The van der Waals surface area contributed by atoms with Gasteiger partial charge in [0.25, 0.3) is 0 Å². The highest BCUT2D eigenvalue weighted by molar-refractivity contribution is 4.95. The Balaban J connectivity index is 2.56. The van der Waals surface area contributed by atoms with E-state index in [1.54, 1.807) is 6.26 Å². The molecule has 2 nitrogen and oxygen atoms in total. The minimum atomic E-state index is 0.976. The van der Waals surface area contributed by atoms with E-state index >= 15 is 0 Å². The predicted octanol–water partition coefficient (Wildman–Crippen LogP) is 1.88. The lowest BCUT2D eigenvalue weighted by molar-refractivity contribution is -0.902. The molecule has 0 aliphatic rings. The summed E-state index contributed by atoms with van der Waals surface area (Å²) in [6.07, 6.45) is 1.73. The minimum absolute atomic E-state index is 0.976. The Morgan fingerprint density at radius 2 is 2.18 bits per heavy atom. The molecule has 0 N–H and O–H groups in total. The molecular weight excluding hydrogens is 138 g/mol. The van der Waals surface area contributed by atoms with Crippen molar-refractivity contribution in [1.29, 1.82) is 0 Å². The Morgan fingerprint density at radius 3 is 2.64 bits per heavy atom. The maximum absolute atomic E-state index is 5.26. The first-order chi connectivity index (χ1) is 5.14. The third kappa shape index (κ3) is 2.39. The largest absolute Gasteiger partial charge is 0.463 e. The standard InChI is InChI=1S/C9H16NO/c1-4-10(2,3)8-9-6-5-7-11-9/h5-7H,4,8H2,1-3H3/q+1. The first kappa shape index (κ1) is 8.34. The summed E-state index contributed by atoms with van der Waals surface area (Å²) in [5.41, 5.74) is 0. The molecule has 0 saturated heterocycles. The fraction of sp³-hybridized carbons (Fsp3) is 0.556. The molecule has 0 radical (unpaired) electrons. The molecule has 0 saturated carbocycles. The van der Waals surface area contributed by atoms with Gasteiger partial charge in [0.05, 0.1) is 26.9 Å². The molecule has 0 aliphatic carbocycles. The second-order valence-corrected chi connectivity index (χ2v) is 3.49. The summed E-state index contributed by atoms with van der Waals surface area (Å²) < 4.78 is 6.24. The zero-order valence-electron chi connectivity index (χ0n) is 7.50. The molecule has 0 fully saturated rings. The van der Waals surface area contributed by atoms with Crippen molar-refractivity contribution in [1.82, 2.24) is 0 Å². The van der Waals surface area contributed by atoms with E-state index in [0.717, 1.165) is 23.3 Å². The van der Waals surface area contributed by atoms with Crippen molar-refractivity contribution in [3.8, 4) is 0 Å². The average molecular weight is 154 g/mol. The molecule has 0 aliphatic heterocycles. The van der Waals surface area contributed by atoms with E-state index in [0.29, 0.717) is 0 Å². The van der Waals surface area contributed by atoms with Crippen molar-refractivity contribution < 1.29 is 8.90 Å². The van der Waals surface area contributed by atoms with Crippen molar-refractivity contribution in [3.05, 3.63) is 24.2 Å². The highest BCUT2D eigenvalue weighted by Gasteiger charge is 2.13. The number of rotatable bonds is 3. The summed E-state index contributed by atoms with van der Waals surface area (Å²) >= 11 is 0. The van der Waals surface area contributed by atoms with Gasteiger partial charge in [-0.2, -0.15) is 0 Å². The lowest BCUT2D eigenvalue weighted by atomic mass is 10.3. The highest BCUT2D eigenvalue weighted by atomic mass is 16.3. The zero-order chi connectivity index (χ0) is 8.32. The van der Waals surface area contributed by atoms with Crippen LogP contribution in [0.5, 0.6) is 0 Å². The molecular formula is C9H16NO+. The van der Waals surface area contributed by atoms with Gasteiger partial charge in [-0.15, -0.1) is 0 Å². The van der Waals surface area contributed by atoms with Gasteiger partial charge in [-0.1, -0.05) is 0 Å². The summed E-state index contributed by atoms with van der Waals surface area (Å²) in [5.74, 6) is 1.07. The molecule has 0 aromatic carbocycles. The van der Waals surface area contributed by atoms with Crippen LogP contribution >= 0.6 is 0 Å². The van der Waals surface area contributed by atoms with E-state index in [1.807, 2.05) is 12.1 Å². The quantitative estimate of drug-likeness (QED) is 0.606. The van der Waals surface area contributed by atoms with Gasteiger partial charge in [-0.25, -0.2) is 0 Å². The number of nitrogens with zero attached hydrogens (tertiary/aromatic N) is 1. The van der Waals surface area contributed by atoms with Crippen molar-refractivity contribution in [2.75, 3.05) is 20.6 Å². The highest BCUT2D eigenvalue weighted by Crippen LogP contribution is 2.08. The van der Waals surface area contributed by atoms with E-state index < -0.39 is 0 Å². The minimum Gasteiger partial charge on any atom is -0.463 e. The summed E-state index contributed by atoms with van der Waals surface area (Å²) in [7, 11) is 4.39. The monoisotopic (exact) mass is 154 g/mol. The maximum Gasteiger partial charge on any atom is 0.158 e. The lowest BCUT2D eigenvalue weighted by Crippen LogP contribution is -2.37. The fourth-order valence-electron chi connectivity index (χ4n) is 0.936. The van der Waals surface area contributed by atoms with E-state index in [-0.39, 0.29) is 0 Å². The van der Waals surface area contributed by atoms with Gasteiger partial charge in [-0.05, 0) is 19.1 Å². The van der Waals surface area contributed by atoms with E-state index in [9.17, 15) is 0 Å². The lowest BCUT2D eigenvalue weighted by Gasteiger charge is -2.26. The summed E-state index contributed by atoms with van der Waals surface area (Å²) in [6, 6.07) is 3.96. The Labute approximate surface area is 68.0 Å². The van der Waals surface area contributed by atoms with Gasteiger partial charge >= 0.3 is 0 Å². The average Bonchev–Trinajstić information content (AvgIpc) is 2.39. The molecule has 0 unspecified atom stereocenters. The van der Waals surface area contributed by atoms with Crippen LogP contribution in [0.4, 0.5) is 0 Å². The van der Waals surface area contributed by atoms with Crippen molar-refractivity contribution >= 4 is 0 Å². The summed E-state index contributed by atoms with van der Waals surface area (Å²) in [4.78, 5) is 0. The molecule has 1 aromatic heterocycles. The molecule has 62 valence electrons. The third-order valence-electron chi connectivity index (χ3n) is 2.02. The van der Waals surface area contributed by atoms with Crippen LogP contribution in [-0.2, 0) is 6.54 Å². The Morgan fingerprint density at radius 1 is 1.45 bits per heavy atom. The van der Waals surface area contributed by atoms with Crippen LogP contribution in [0.1, 0.15) is 12.7 Å². The van der Waals surface area contributed by atoms with E-state index in [4.69, 9.17) is 4.42 Å². The van der Waals surface area contributed by atoms with Gasteiger partial charge in [0.15, 0.2) is 5.76 Å². The molecule has 2 heteroatoms. The molecule has 0 spiro atoms. The van der Waals surface area contributed by atoms with Gasteiger partial charge in [-0.3, -0.25) is 0 Å². The van der Waals surface area contributed by atoms with Crippen molar-refractivity contribution in [3.63, 3.8) is 0 Å². The number of quaternary nitrogens is 1.